The number of carbonyl (C=O) groups is 1. The van der Waals surface area contributed by atoms with Crippen molar-refractivity contribution in [1.29, 1.82) is 0 Å². The Labute approximate surface area is 103 Å². The lowest BCUT2D eigenvalue weighted by atomic mass is 10.0. The number of nitrogens with zero attached hydrogens (tertiary/aromatic N) is 1. The van der Waals surface area contributed by atoms with Gasteiger partial charge in [0, 0.05) is 31.6 Å². The molecule has 94 valence electrons. The average Bonchev–Trinajstić information content (AvgIpc) is 2.93. The molecule has 4 atom stereocenters. The highest BCUT2D eigenvalue weighted by Gasteiger charge is 2.44. The second-order valence-electron chi connectivity index (χ2n) is 5.84. The van der Waals surface area contributed by atoms with E-state index in [9.17, 15) is 4.79 Å². The molecule has 3 rings (SSSR count). The highest BCUT2D eigenvalue weighted by atomic mass is 16.2. The van der Waals surface area contributed by atoms with E-state index in [4.69, 9.17) is 0 Å². The Morgan fingerprint density at radius 2 is 2.35 bits per heavy atom. The van der Waals surface area contributed by atoms with Crippen LogP contribution in [0.25, 0.3) is 0 Å². The predicted molar refractivity (Wildman–Crippen MR) is 67.6 cm³/mol. The minimum absolute atomic E-state index is 0.380. The van der Waals surface area contributed by atoms with E-state index in [-0.39, 0.29) is 0 Å². The summed E-state index contributed by atoms with van der Waals surface area (Å²) in [6.45, 7) is 4.31. The van der Waals surface area contributed by atoms with Crippen molar-refractivity contribution in [2.45, 2.75) is 44.7 Å². The molecule has 2 heterocycles. The third-order valence-electron chi connectivity index (χ3n) is 4.62. The van der Waals surface area contributed by atoms with E-state index in [1.165, 1.54) is 12.8 Å². The number of hydrogen-bond acceptors (Lipinski definition) is 2. The fraction of sp³-hybridized carbons (Fsp3) is 0.786. The van der Waals surface area contributed by atoms with Gasteiger partial charge in [0.15, 0.2) is 0 Å². The SMILES string of the molecule is CC1CC2CNCC2N1C(=O)CC1C=CCC1. The van der Waals surface area contributed by atoms with E-state index in [1.54, 1.807) is 0 Å². The van der Waals surface area contributed by atoms with Gasteiger partial charge in [-0.25, -0.2) is 0 Å². The third kappa shape index (κ3) is 2.01. The summed E-state index contributed by atoms with van der Waals surface area (Å²) >= 11 is 0. The molecule has 3 heteroatoms. The zero-order chi connectivity index (χ0) is 11.8. The summed E-state index contributed by atoms with van der Waals surface area (Å²) in [6, 6.07) is 0.924. The van der Waals surface area contributed by atoms with Crippen LogP contribution in [0.3, 0.4) is 0 Å². The molecule has 17 heavy (non-hydrogen) atoms. The van der Waals surface area contributed by atoms with Gasteiger partial charge in [-0.2, -0.15) is 0 Å². The molecule has 0 saturated carbocycles. The molecular formula is C14H22N2O. The molecule has 1 aliphatic carbocycles. The Hall–Kier alpha value is -0.830. The summed E-state index contributed by atoms with van der Waals surface area (Å²) < 4.78 is 0. The molecular weight excluding hydrogens is 212 g/mol. The van der Waals surface area contributed by atoms with Gasteiger partial charge in [-0.15, -0.1) is 0 Å². The fourth-order valence-corrected chi connectivity index (χ4v) is 3.79. The summed E-state index contributed by atoms with van der Waals surface area (Å²) in [6.07, 6.45) is 8.67. The zero-order valence-electron chi connectivity index (χ0n) is 10.6. The first-order valence-electron chi connectivity index (χ1n) is 6.94. The highest BCUT2D eigenvalue weighted by molar-refractivity contribution is 5.78. The molecule has 3 nitrogen and oxygen atoms in total. The Morgan fingerprint density at radius 1 is 1.47 bits per heavy atom. The quantitative estimate of drug-likeness (QED) is 0.735. The number of amides is 1. The van der Waals surface area contributed by atoms with E-state index < -0.39 is 0 Å². The average molecular weight is 234 g/mol. The lowest BCUT2D eigenvalue weighted by molar-refractivity contribution is -0.134. The minimum atomic E-state index is 0.380. The van der Waals surface area contributed by atoms with Gasteiger partial charge in [-0.05, 0) is 38.0 Å². The van der Waals surface area contributed by atoms with Crippen LogP contribution in [0.4, 0.5) is 0 Å². The van der Waals surface area contributed by atoms with Gasteiger partial charge < -0.3 is 10.2 Å². The molecule has 4 unspecified atom stereocenters. The van der Waals surface area contributed by atoms with E-state index in [2.05, 4.69) is 29.3 Å². The van der Waals surface area contributed by atoms with Crippen LogP contribution >= 0.6 is 0 Å². The van der Waals surface area contributed by atoms with E-state index in [0.29, 0.717) is 29.8 Å². The summed E-state index contributed by atoms with van der Waals surface area (Å²) in [5.41, 5.74) is 0. The number of nitrogens with one attached hydrogen (secondary N) is 1. The molecule has 0 bridgehead atoms. The number of allylic oxidation sites excluding steroid dienone is 2. The highest BCUT2D eigenvalue weighted by Crippen LogP contribution is 2.33. The third-order valence-corrected chi connectivity index (χ3v) is 4.62. The smallest absolute Gasteiger partial charge is 0.223 e. The van der Waals surface area contributed by atoms with Gasteiger partial charge in [0.05, 0.1) is 0 Å². The first-order chi connectivity index (χ1) is 8.25. The van der Waals surface area contributed by atoms with Crippen LogP contribution in [0.15, 0.2) is 12.2 Å². The molecule has 3 aliphatic rings. The molecule has 0 aromatic heterocycles. The topological polar surface area (TPSA) is 32.3 Å². The van der Waals surface area contributed by atoms with Crippen molar-refractivity contribution in [3.63, 3.8) is 0 Å². The monoisotopic (exact) mass is 234 g/mol. The Morgan fingerprint density at radius 3 is 3.12 bits per heavy atom. The fourth-order valence-electron chi connectivity index (χ4n) is 3.79. The maximum Gasteiger partial charge on any atom is 0.223 e. The van der Waals surface area contributed by atoms with Gasteiger partial charge >= 0.3 is 0 Å². The molecule has 1 N–H and O–H groups in total. The molecule has 0 radical (unpaired) electrons. The Bertz CT molecular complexity index is 339. The van der Waals surface area contributed by atoms with Crippen LogP contribution in [-0.4, -0.2) is 36.0 Å². The summed E-state index contributed by atoms with van der Waals surface area (Å²) in [5, 5.41) is 3.42. The standard InChI is InChI=1S/C14H22N2O/c1-10-6-12-8-15-9-13(12)16(10)14(17)7-11-4-2-3-5-11/h2,4,10-13,15H,3,5-9H2,1H3. The van der Waals surface area contributed by atoms with Gasteiger partial charge in [-0.1, -0.05) is 12.2 Å². The molecule has 1 amide bonds. The summed E-state index contributed by atoms with van der Waals surface area (Å²) in [4.78, 5) is 14.6. The van der Waals surface area contributed by atoms with Crippen molar-refractivity contribution in [3.05, 3.63) is 12.2 Å². The lowest BCUT2D eigenvalue weighted by Crippen LogP contribution is -2.43. The van der Waals surface area contributed by atoms with Crippen LogP contribution in [0.2, 0.25) is 0 Å². The van der Waals surface area contributed by atoms with Crippen LogP contribution < -0.4 is 5.32 Å². The van der Waals surface area contributed by atoms with Crippen molar-refractivity contribution in [2.24, 2.45) is 11.8 Å². The van der Waals surface area contributed by atoms with Crippen molar-refractivity contribution >= 4 is 5.91 Å². The molecule has 2 aliphatic heterocycles. The normalized spacial score (nSPS) is 39.9. The van der Waals surface area contributed by atoms with Gasteiger partial charge in [-0.3, -0.25) is 4.79 Å². The van der Waals surface area contributed by atoms with Crippen molar-refractivity contribution in [3.8, 4) is 0 Å². The van der Waals surface area contributed by atoms with Gasteiger partial charge in [0.2, 0.25) is 5.91 Å². The van der Waals surface area contributed by atoms with Crippen LogP contribution in [0.1, 0.15) is 32.6 Å². The summed E-state index contributed by atoms with van der Waals surface area (Å²) in [5.74, 6) is 1.58. The largest absolute Gasteiger partial charge is 0.335 e. The van der Waals surface area contributed by atoms with Crippen LogP contribution in [0, 0.1) is 11.8 Å². The first-order valence-corrected chi connectivity index (χ1v) is 6.94. The maximum absolute atomic E-state index is 12.4. The molecule has 0 aromatic carbocycles. The number of rotatable bonds is 2. The summed E-state index contributed by atoms with van der Waals surface area (Å²) in [7, 11) is 0. The van der Waals surface area contributed by atoms with Crippen molar-refractivity contribution in [1.82, 2.24) is 10.2 Å². The minimum Gasteiger partial charge on any atom is -0.335 e. The van der Waals surface area contributed by atoms with E-state index >= 15 is 0 Å². The maximum atomic E-state index is 12.4. The number of likely N-dealkylation sites (tertiary alicyclic amines) is 1. The number of hydrogen-bond donors (Lipinski definition) is 1. The van der Waals surface area contributed by atoms with E-state index in [1.807, 2.05) is 0 Å². The number of carbonyl (C=O) groups excluding carboxylic acids is 1. The molecule has 0 spiro atoms. The van der Waals surface area contributed by atoms with E-state index in [0.717, 1.165) is 25.9 Å². The number of fused-ring (bicyclic) bond motifs is 1. The predicted octanol–water partition coefficient (Wildman–Crippen LogP) is 1.55. The second kappa shape index (κ2) is 4.45. The van der Waals surface area contributed by atoms with Gasteiger partial charge in [0.25, 0.3) is 0 Å². The first kappa shape index (κ1) is 11.3. The lowest BCUT2D eigenvalue weighted by Gasteiger charge is -2.28. The van der Waals surface area contributed by atoms with Crippen molar-refractivity contribution in [2.75, 3.05) is 13.1 Å². The van der Waals surface area contributed by atoms with Crippen LogP contribution in [-0.2, 0) is 4.79 Å². The zero-order valence-corrected chi connectivity index (χ0v) is 10.6. The van der Waals surface area contributed by atoms with Crippen LogP contribution in [0.5, 0.6) is 0 Å². The molecule has 0 aromatic rings. The van der Waals surface area contributed by atoms with Gasteiger partial charge in [0.1, 0.15) is 0 Å². The second-order valence-corrected chi connectivity index (χ2v) is 5.84. The van der Waals surface area contributed by atoms with Crippen molar-refractivity contribution < 1.29 is 4.79 Å². The molecule has 2 saturated heterocycles. The Balaban J connectivity index is 1.65. The molecule has 2 fully saturated rings. The Kier molecular flexibility index (Phi) is 2.95.